The van der Waals surface area contributed by atoms with Crippen LogP contribution >= 0.6 is 0 Å². The van der Waals surface area contributed by atoms with E-state index in [1.807, 2.05) is 0 Å². The summed E-state index contributed by atoms with van der Waals surface area (Å²) < 4.78 is 4.80. The molecule has 0 aromatic heterocycles. The van der Waals surface area contributed by atoms with Crippen molar-refractivity contribution >= 4 is 11.9 Å². The van der Waals surface area contributed by atoms with Gasteiger partial charge in [0.15, 0.2) is 0 Å². The van der Waals surface area contributed by atoms with Gasteiger partial charge in [-0.05, 0) is 25.7 Å². The molecule has 18 heavy (non-hydrogen) atoms. The minimum atomic E-state index is -0.290. The highest BCUT2D eigenvalue weighted by Gasteiger charge is 2.21. The van der Waals surface area contributed by atoms with Crippen molar-refractivity contribution in [3.63, 3.8) is 0 Å². The Hall–Kier alpha value is -1.06. The number of esters is 1. The Morgan fingerprint density at radius 2 is 1.89 bits per heavy atom. The molecule has 0 saturated heterocycles. The fourth-order valence-corrected chi connectivity index (χ4v) is 2.44. The highest BCUT2D eigenvalue weighted by molar-refractivity contribution is 5.81. The summed E-state index contributed by atoms with van der Waals surface area (Å²) in [5.74, 6) is 0.224. The van der Waals surface area contributed by atoms with Crippen molar-refractivity contribution in [2.75, 3.05) is 6.61 Å². The second-order valence-corrected chi connectivity index (χ2v) is 5.09. The lowest BCUT2D eigenvalue weighted by Gasteiger charge is -2.22. The molecule has 0 aromatic carbocycles. The molecule has 1 saturated carbocycles. The molecule has 0 aromatic rings. The molecule has 4 heteroatoms. The van der Waals surface area contributed by atoms with Gasteiger partial charge in [-0.25, -0.2) is 0 Å². The summed E-state index contributed by atoms with van der Waals surface area (Å²) in [6.45, 7) is 4.34. The zero-order valence-corrected chi connectivity index (χ0v) is 11.5. The van der Waals surface area contributed by atoms with Gasteiger partial charge in [0.1, 0.15) is 0 Å². The van der Waals surface area contributed by atoms with Gasteiger partial charge in [0.25, 0.3) is 0 Å². The number of carbonyl (C=O) groups excluding carboxylic acids is 2. The highest BCUT2D eigenvalue weighted by Crippen LogP contribution is 2.22. The van der Waals surface area contributed by atoms with Crippen LogP contribution in [0.4, 0.5) is 0 Å². The molecule has 4 nitrogen and oxygen atoms in total. The SMILES string of the molecule is CCOC(=O)CCC(=O)NC1CCCCCC1C. The van der Waals surface area contributed by atoms with E-state index in [1.54, 1.807) is 6.92 Å². The average molecular weight is 255 g/mol. The summed E-state index contributed by atoms with van der Waals surface area (Å²) in [4.78, 5) is 22.9. The molecule has 1 fully saturated rings. The lowest BCUT2D eigenvalue weighted by molar-refractivity contribution is -0.144. The first-order valence-corrected chi connectivity index (χ1v) is 7.08. The molecule has 1 aliphatic carbocycles. The van der Waals surface area contributed by atoms with E-state index >= 15 is 0 Å². The van der Waals surface area contributed by atoms with Crippen LogP contribution in [0, 0.1) is 5.92 Å². The monoisotopic (exact) mass is 255 g/mol. The second-order valence-electron chi connectivity index (χ2n) is 5.09. The first-order valence-electron chi connectivity index (χ1n) is 7.08. The number of amides is 1. The van der Waals surface area contributed by atoms with Crippen LogP contribution in [-0.2, 0) is 14.3 Å². The number of rotatable bonds is 5. The van der Waals surface area contributed by atoms with Gasteiger partial charge in [-0.3, -0.25) is 9.59 Å². The van der Waals surface area contributed by atoms with E-state index in [0.29, 0.717) is 12.5 Å². The molecule has 0 aliphatic heterocycles. The molecule has 1 N–H and O–H groups in total. The van der Waals surface area contributed by atoms with Crippen molar-refractivity contribution in [3.8, 4) is 0 Å². The third-order valence-corrected chi connectivity index (χ3v) is 3.57. The Bertz CT molecular complexity index is 278. The van der Waals surface area contributed by atoms with Crippen LogP contribution in [0.15, 0.2) is 0 Å². The number of carbonyl (C=O) groups is 2. The lowest BCUT2D eigenvalue weighted by atomic mass is 9.97. The van der Waals surface area contributed by atoms with Gasteiger partial charge < -0.3 is 10.1 Å². The Kier molecular flexibility index (Phi) is 6.76. The van der Waals surface area contributed by atoms with E-state index in [-0.39, 0.29) is 30.8 Å². The fraction of sp³-hybridized carbons (Fsp3) is 0.857. The number of nitrogens with one attached hydrogen (secondary N) is 1. The maximum atomic E-state index is 11.8. The second kappa shape index (κ2) is 8.11. The van der Waals surface area contributed by atoms with Crippen molar-refractivity contribution in [1.82, 2.24) is 5.32 Å². The molecule has 1 amide bonds. The van der Waals surface area contributed by atoms with Crippen LogP contribution < -0.4 is 5.32 Å². The van der Waals surface area contributed by atoms with Gasteiger partial charge in [-0.2, -0.15) is 0 Å². The molecule has 0 spiro atoms. The van der Waals surface area contributed by atoms with Crippen LogP contribution in [0.1, 0.15) is 58.8 Å². The summed E-state index contributed by atoms with van der Waals surface area (Å²) in [6.07, 6.45) is 6.38. The third kappa shape index (κ3) is 5.52. The molecule has 0 heterocycles. The summed E-state index contributed by atoms with van der Waals surface area (Å²) in [5, 5.41) is 3.06. The van der Waals surface area contributed by atoms with Gasteiger partial charge in [0.2, 0.25) is 5.91 Å². The van der Waals surface area contributed by atoms with Gasteiger partial charge in [-0.1, -0.05) is 26.2 Å². The molecule has 0 radical (unpaired) electrons. The van der Waals surface area contributed by atoms with Crippen molar-refractivity contribution in [3.05, 3.63) is 0 Å². The van der Waals surface area contributed by atoms with Crippen molar-refractivity contribution in [1.29, 1.82) is 0 Å². The first-order chi connectivity index (χ1) is 8.63. The highest BCUT2D eigenvalue weighted by atomic mass is 16.5. The normalized spacial score (nSPS) is 24.1. The summed E-state index contributed by atoms with van der Waals surface area (Å²) in [7, 11) is 0. The van der Waals surface area contributed by atoms with E-state index in [1.165, 1.54) is 25.7 Å². The molecular weight excluding hydrogens is 230 g/mol. The summed E-state index contributed by atoms with van der Waals surface area (Å²) in [6, 6.07) is 0.280. The number of ether oxygens (including phenoxy) is 1. The fourth-order valence-electron chi connectivity index (χ4n) is 2.44. The zero-order valence-electron chi connectivity index (χ0n) is 11.5. The zero-order chi connectivity index (χ0) is 13.4. The first kappa shape index (κ1) is 15.0. The Labute approximate surface area is 109 Å². The van der Waals surface area contributed by atoms with Crippen molar-refractivity contribution in [2.24, 2.45) is 5.92 Å². The lowest BCUT2D eigenvalue weighted by Crippen LogP contribution is -2.39. The Balaban J connectivity index is 2.27. The van der Waals surface area contributed by atoms with Crippen LogP contribution in [-0.4, -0.2) is 24.5 Å². The Morgan fingerprint density at radius 3 is 2.61 bits per heavy atom. The number of hydrogen-bond donors (Lipinski definition) is 1. The van der Waals surface area contributed by atoms with Crippen LogP contribution in [0.3, 0.4) is 0 Å². The molecule has 2 unspecified atom stereocenters. The third-order valence-electron chi connectivity index (χ3n) is 3.57. The predicted octanol–water partition coefficient (Wildman–Crippen LogP) is 2.41. The van der Waals surface area contributed by atoms with Crippen LogP contribution in [0.5, 0.6) is 0 Å². The Morgan fingerprint density at radius 1 is 1.17 bits per heavy atom. The molecule has 0 bridgehead atoms. The average Bonchev–Trinajstić information content (AvgIpc) is 2.53. The van der Waals surface area contributed by atoms with E-state index < -0.39 is 0 Å². The van der Waals surface area contributed by atoms with E-state index in [2.05, 4.69) is 12.2 Å². The minimum Gasteiger partial charge on any atom is -0.466 e. The number of hydrogen-bond acceptors (Lipinski definition) is 3. The minimum absolute atomic E-state index is 0.0261. The van der Waals surface area contributed by atoms with Crippen LogP contribution in [0.2, 0.25) is 0 Å². The summed E-state index contributed by atoms with van der Waals surface area (Å²) >= 11 is 0. The van der Waals surface area contributed by atoms with Crippen LogP contribution in [0.25, 0.3) is 0 Å². The quantitative estimate of drug-likeness (QED) is 0.606. The topological polar surface area (TPSA) is 55.4 Å². The maximum absolute atomic E-state index is 11.8. The van der Waals surface area contributed by atoms with E-state index in [0.717, 1.165) is 6.42 Å². The molecule has 1 rings (SSSR count). The van der Waals surface area contributed by atoms with E-state index in [4.69, 9.17) is 4.74 Å². The largest absolute Gasteiger partial charge is 0.466 e. The van der Waals surface area contributed by atoms with E-state index in [9.17, 15) is 9.59 Å². The van der Waals surface area contributed by atoms with Crippen molar-refractivity contribution < 1.29 is 14.3 Å². The standard InChI is InChI=1S/C14H25NO3/c1-3-18-14(17)10-9-13(16)15-12-8-6-4-5-7-11(12)2/h11-12H,3-10H2,1-2H3,(H,15,16). The summed E-state index contributed by atoms with van der Waals surface area (Å²) in [5.41, 5.74) is 0. The van der Waals surface area contributed by atoms with Crippen molar-refractivity contribution in [2.45, 2.75) is 64.8 Å². The van der Waals surface area contributed by atoms with Gasteiger partial charge in [0.05, 0.1) is 13.0 Å². The maximum Gasteiger partial charge on any atom is 0.306 e. The molecule has 104 valence electrons. The predicted molar refractivity (Wildman–Crippen MR) is 70.0 cm³/mol. The van der Waals surface area contributed by atoms with Gasteiger partial charge >= 0.3 is 5.97 Å². The van der Waals surface area contributed by atoms with Gasteiger partial charge in [-0.15, -0.1) is 0 Å². The van der Waals surface area contributed by atoms with Gasteiger partial charge in [0, 0.05) is 12.5 Å². The molecular formula is C14H25NO3. The molecule has 2 atom stereocenters. The molecule has 1 aliphatic rings. The smallest absolute Gasteiger partial charge is 0.306 e.